The lowest BCUT2D eigenvalue weighted by Gasteiger charge is -2.36. The summed E-state index contributed by atoms with van der Waals surface area (Å²) in [6, 6.07) is 6.60. The summed E-state index contributed by atoms with van der Waals surface area (Å²) in [5, 5.41) is 0. The molecule has 0 amide bonds. The van der Waals surface area contributed by atoms with Gasteiger partial charge in [-0.1, -0.05) is 0 Å². The first-order valence-electron chi connectivity index (χ1n) is 8.69. The van der Waals surface area contributed by atoms with Gasteiger partial charge in [0.25, 0.3) is 0 Å². The quantitative estimate of drug-likeness (QED) is 0.681. The molecule has 132 valence electrons. The molecule has 2 heterocycles. The van der Waals surface area contributed by atoms with Crippen molar-refractivity contribution in [2.45, 2.75) is 25.3 Å². The predicted octanol–water partition coefficient (Wildman–Crippen LogP) is 2.33. The highest BCUT2D eigenvalue weighted by atomic mass is 19.1. The third-order valence-corrected chi connectivity index (χ3v) is 4.69. The monoisotopic (exact) mass is 343 g/mol. The number of halogens is 1. The SMILES string of the molecule is NC(=NCc1cnc(C2CC2)o1)N1CCN(c2ccc(F)cc2)CC1. The van der Waals surface area contributed by atoms with Gasteiger partial charge in [-0.3, -0.25) is 0 Å². The summed E-state index contributed by atoms with van der Waals surface area (Å²) in [7, 11) is 0. The molecule has 2 aliphatic rings. The Kier molecular flexibility index (Phi) is 4.29. The number of oxazole rings is 1. The van der Waals surface area contributed by atoms with Crippen LogP contribution in [-0.2, 0) is 6.54 Å². The highest BCUT2D eigenvalue weighted by molar-refractivity contribution is 5.78. The minimum atomic E-state index is -0.212. The molecule has 0 bridgehead atoms. The molecule has 1 aromatic heterocycles. The van der Waals surface area contributed by atoms with Gasteiger partial charge in [0, 0.05) is 37.8 Å². The molecule has 6 nitrogen and oxygen atoms in total. The van der Waals surface area contributed by atoms with Gasteiger partial charge in [0.1, 0.15) is 18.1 Å². The second-order valence-electron chi connectivity index (χ2n) is 6.56. The Morgan fingerprint density at radius 3 is 2.60 bits per heavy atom. The molecule has 0 atom stereocenters. The van der Waals surface area contributed by atoms with Crippen LogP contribution in [-0.4, -0.2) is 42.0 Å². The maximum absolute atomic E-state index is 13.0. The Morgan fingerprint density at radius 1 is 1.20 bits per heavy atom. The fourth-order valence-corrected chi connectivity index (χ4v) is 3.02. The van der Waals surface area contributed by atoms with Gasteiger partial charge in [0.05, 0.1) is 6.20 Å². The summed E-state index contributed by atoms with van der Waals surface area (Å²) < 4.78 is 18.7. The fourth-order valence-electron chi connectivity index (χ4n) is 3.02. The molecule has 2 N–H and O–H groups in total. The summed E-state index contributed by atoms with van der Waals surface area (Å²) in [5.74, 6) is 2.42. The summed E-state index contributed by atoms with van der Waals surface area (Å²) in [5.41, 5.74) is 7.16. The average molecular weight is 343 g/mol. The number of hydrogen-bond acceptors (Lipinski definition) is 4. The van der Waals surface area contributed by atoms with Crippen LogP contribution in [0.5, 0.6) is 0 Å². The molecule has 1 aliphatic heterocycles. The van der Waals surface area contributed by atoms with Crippen molar-refractivity contribution < 1.29 is 8.81 Å². The first kappa shape index (κ1) is 15.9. The summed E-state index contributed by atoms with van der Waals surface area (Å²) in [6.45, 7) is 3.66. The molecule has 1 saturated heterocycles. The molecule has 0 unspecified atom stereocenters. The fraction of sp³-hybridized carbons (Fsp3) is 0.444. The number of piperazine rings is 1. The Balaban J connectivity index is 1.30. The van der Waals surface area contributed by atoms with Crippen molar-refractivity contribution in [2.24, 2.45) is 10.7 Å². The van der Waals surface area contributed by atoms with E-state index in [2.05, 4.69) is 19.8 Å². The lowest BCUT2D eigenvalue weighted by molar-refractivity contribution is 0.379. The number of nitrogens with zero attached hydrogens (tertiary/aromatic N) is 4. The second kappa shape index (κ2) is 6.74. The van der Waals surface area contributed by atoms with Crippen LogP contribution in [0.2, 0.25) is 0 Å². The van der Waals surface area contributed by atoms with E-state index >= 15 is 0 Å². The summed E-state index contributed by atoms with van der Waals surface area (Å²) >= 11 is 0. The van der Waals surface area contributed by atoms with Gasteiger partial charge in [0.15, 0.2) is 11.9 Å². The van der Waals surface area contributed by atoms with Crippen molar-refractivity contribution in [3.63, 3.8) is 0 Å². The third kappa shape index (κ3) is 3.75. The van der Waals surface area contributed by atoms with E-state index < -0.39 is 0 Å². The van der Waals surface area contributed by atoms with Crippen molar-refractivity contribution in [1.29, 1.82) is 0 Å². The highest BCUT2D eigenvalue weighted by Gasteiger charge is 2.28. The van der Waals surface area contributed by atoms with Crippen LogP contribution in [0.1, 0.15) is 30.4 Å². The van der Waals surface area contributed by atoms with Crippen molar-refractivity contribution in [2.75, 3.05) is 31.1 Å². The van der Waals surface area contributed by atoms with Gasteiger partial charge in [-0.25, -0.2) is 14.4 Å². The maximum atomic E-state index is 13.0. The maximum Gasteiger partial charge on any atom is 0.197 e. The van der Waals surface area contributed by atoms with Gasteiger partial charge in [0.2, 0.25) is 0 Å². The molecule has 2 aromatic rings. The normalized spacial score (nSPS) is 18.7. The highest BCUT2D eigenvalue weighted by Crippen LogP contribution is 2.39. The van der Waals surface area contributed by atoms with Crippen LogP contribution in [0.4, 0.5) is 10.1 Å². The Hall–Kier alpha value is -2.57. The zero-order chi connectivity index (χ0) is 17.2. The Labute approximate surface area is 146 Å². The van der Waals surface area contributed by atoms with Gasteiger partial charge in [-0.2, -0.15) is 0 Å². The Morgan fingerprint density at radius 2 is 1.92 bits per heavy atom. The van der Waals surface area contributed by atoms with E-state index in [1.54, 1.807) is 6.20 Å². The number of anilines is 1. The number of nitrogens with two attached hydrogens (primary N) is 1. The van der Waals surface area contributed by atoms with E-state index in [0.717, 1.165) is 43.5 Å². The van der Waals surface area contributed by atoms with Gasteiger partial charge < -0.3 is 20.0 Å². The van der Waals surface area contributed by atoms with Crippen LogP contribution >= 0.6 is 0 Å². The average Bonchev–Trinajstić information content (AvgIpc) is 3.39. The number of aromatic nitrogens is 1. The second-order valence-corrected chi connectivity index (χ2v) is 6.56. The largest absolute Gasteiger partial charge is 0.443 e. The molecule has 4 rings (SSSR count). The van der Waals surface area contributed by atoms with E-state index in [4.69, 9.17) is 10.2 Å². The van der Waals surface area contributed by atoms with Crippen molar-refractivity contribution in [1.82, 2.24) is 9.88 Å². The van der Waals surface area contributed by atoms with E-state index in [1.807, 2.05) is 12.1 Å². The number of guanidine groups is 1. The van der Waals surface area contributed by atoms with E-state index in [0.29, 0.717) is 18.4 Å². The van der Waals surface area contributed by atoms with Crippen LogP contribution < -0.4 is 10.6 Å². The molecule has 1 saturated carbocycles. The summed E-state index contributed by atoms with van der Waals surface area (Å²) in [6.07, 6.45) is 4.09. The third-order valence-electron chi connectivity index (χ3n) is 4.69. The molecule has 7 heteroatoms. The van der Waals surface area contributed by atoms with Gasteiger partial charge >= 0.3 is 0 Å². The van der Waals surface area contributed by atoms with Crippen LogP contribution in [0, 0.1) is 5.82 Å². The molecule has 2 fully saturated rings. The first-order chi connectivity index (χ1) is 12.2. The number of aliphatic imine (C=N–C) groups is 1. The molecule has 0 radical (unpaired) electrons. The van der Waals surface area contributed by atoms with Crippen LogP contribution in [0.15, 0.2) is 39.9 Å². The van der Waals surface area contributed by atoms with Crippen molar-refractivity contribution in [3.05, 3.63) is 47.9 Å². The smallest absolute Gasteiger partial charge is 0.197 e. The topological polar surface area (TPSA) is 70.9 Å². The van der Waals surface area contributed by atoms with E-state index in [1.165, 1.54) is 25.0 Å². The number of benzene rings is 1. The molecular weight excluding hydrogens is 321 g/mol. The lowest BCUT2D eigenvalue weighted by Crippen LogP contribution is -2.51. The van der Waals surface area contributed by atoms with Gasteiger partial charge in [-0.15, -0.1) is 0 Å². The first-order valence-corrected chi connectivity index (χ1v) is 8.69. The zero-order valence-electron chi connectivity index (χ0n) is 14.1. The molecule has 1 aliphatic carbocycles. The molecular formula is C18H22FN5O. The van der Waals surface area contributed by atoms with E-state index in [-0.39, 0.29) is 5.82 Å². The van der Waals surface area contributed by atoms with E-state index in [9.17, 15) is 4.39 Å². The standard InChI is InChI=1S/C18H22FN5O/c19-14-3-5-15(6-4-14)23-7-9-24(10-8-23)18(20)22-12-16-11-21-17(25-16)13-1-2-13/h3-6,11,13H,1-2,7-10,12H2,(H2,20,22). The van der Waals surface area contributed by atoms with Crippen LogP contribution in [0.25, 0.3) is 0 Å². The zero-order valence-corrected chi connectivity index (χ0v) is 14.1. The lowest BCUT2D eigenvalue weighted by atomic mass is 10.2. The minimum absolute atomic E-state index is 0.212. The molecule has 1 aromatic carbocycles. The minimum Gasteiger partial charge on any atom is -0.443 e. The van der Waals surface area contributed by atoms with Crippen molar-refractivity contribution in [3.8, 4) is 0 Å². The van der Waals surface area contributed by atoms with Crippen LogP contribution in [0.3, 0.4) is 0 Å². The number of rotatable bonds is 4. The van der Waals surface area contributed by atoms with Gasteiger partial charge in [-0.05, 0) is 37.1 Å². The van der Waals surface area contributed by atoms with Crippen molar-refractivity contribution >= 4 is 11.6 Å². The molecule has 0 spiro atoms. The number of hydrogen-bond donors (Lipinski definition) is 1. The Bertz CT molecular complexity index is 745. The summed E-state index contributed by atoms with van der Waals surface area (Å²) in [4.78, 5) is 13.0. The molecule has 25 heavy (non-hydrogen) atoms. The predicted molar refractivity (Wildman–Crippen MR) is 94.0 cm³/mol.